The molecule has 2 aromatic heterocycles. The Bertz CT molecular complexity index is 583. The van der Waals surface area contributed by atoms with E-state index in [1.807, 2.05) is 13.0 Å². The van der Waals surface area contributed by atoms with Gasteiger partial charge >= 0.3 is 0 Å². The van der Waals surface area contributed by atoms with Crippen molar-refractivity contribution in [1.29, 1.82) is 0 Å². The number of rotatable bonds is 3. The van der Waals surface area contributed by atoms with Crippen molar-refractivity contribution in [3.8, 4) is 0 Å². The van der Waals surface area contributed by atoms with E-state index in [9.17, 15) is 0 Å². The van der Waals surface area contributed by atoms with Crippen LogP contribution in [0.2, 0.25) is 5.28 Å². The standard InChI is InChI=1S/C12H13ClN4OS/c1-8-9(4-7-18-8)19-12-15-10(13)14-11(16-12)17-5-2-3-6-17/h4,7H,2-3,5-6H2,1H3. The second kappa shape index (κ2) is 5.38. The molecule has 0 unspecified atom stereocenters. The first-order valence-corrected chi connectivity index (χ1v) is 7.30. The highest BCUT2D eigenvalue weighted by atomic mass is 35.5. The van der Waals surface area contributed by atoms with Gasteiger partial charge in [-0.2, -0.15) is 15.0 Å². The molecule has 0 aliphatic carbocycles. The first-order chi connectivity index (χ1) is 9.22. The van der Waals surface area contributed by atoms with Crippen molar-refractivity contribution >= 4 is 29.3 Å². The van der Waals surface area contributed by atoms with Crippen molar-refractivity contribution in [2.24, 2.45) is 0 Å². The van der Waals surface area contributed by atoms with Crippen molar-refractivity contribution < 1.29 is 4.42 Å². The zero-order valence-electron chi connectivity index (χ0n) is 10.5. The predicted molar refractivity (Wildman–Crippen MR) is 73.9 cm³/mol. The molecular formula is C12H13ClN4OS. The van der Waals surface area contributed by atoms with Crippen LogP contribution in [0, 0.1) is 6.92 Å². The van der Waals surface area contributed by atoms with Crippen LogP contribution >= 0.6 is 23.4 Å². The maximum atomic E-state index is 5.98. The quantitative estimate of drug-likeness (QED) is 0.867. The summed E-state index contributed by atoms with van der Waals surface area (Å²) in [5, 5.41) is 0.840. The summed E-state index contributed by atoms with van der Waals surface area (Å²) in [6.07, 6.45) is 4.00. The highest BCUT2D eigenvalue weighted by molar-refractivity contribution is 7.99. The van der Waals surface area contributed by atoms with Gasteiger partial charge in [-0.3, -0.25) is 0 Å². The van der Waals surface area contributed by atoms with Crippen LogP contribution in [-0.2, 0) is 0 Å². The van der Waals surface area contributed by atoms with Gasteiger partial charge in [-0.25, -0.2) is 0 Å². The first-order valence-electron chi connectivity index (χ1n) is 6.11. The SMILES string of the molecule is Cc1occc1Sc1nc(Cl)nc(N2CCCC2)n1. The molecule has 0 bridgehead atoms. The normalized spacial score (nSPS) is 15.2. The predicted octanol–water partition coefficient (Wildman–Crippen LogP) is 3.18. The van der Waals surface area contributed by atoms with Gasteiger partial charge < -0.3 is 9.32 Å². The van der Waals surface area contributed by atoms with E-state index in [2.05, 4.69) is 19.9 Å². The maximum absolute atomic E-state index is 5.98. The molecule has 100 valence electrons. The zero-order chi connectivity index (χ0) is 13.2. The monoisotopic (exact) mass is 296 g/mol. The lowest BCUT2D eigenvalue weighted by atomic mass is 10.4. The van der Waals surface area contributed by atoms with Crippen LogP contribution in [0.3, 0.4) is 0 Å². The van der Waals surface area contributed by atoms with Crippen molar-refractivity contribution in [3.63, 3.8) is 0 Å². The minimum atomic E-state index is 0.237. The van der Waals surface area contributed by atoms with E-state index < -0.39 is 0 Å². The lowest BCUT2D eigenvalue weighted by Gasteiger charge is -2.15. The van der Waals surface area contributed by atoms with Crippen LogP contribution in [0.5, 0.6) is 0 Å². The highest BCUT2D eigenvalue weighted by Crippen LogP contribution is 2.30. The Hall–Kier alpha value is -1.27. The van der Waals surface area contributed by atoms with Gasteiger partial charge in [-0.1, -0.05) is 0 Å². The fourth-order valence-electron chi connectivity index (χ4n) is 2.00. The van der Waals surface area contributed by atoms with Gasteiger partial charge in [0.15, 0.2) is 5.16 Å². The van der Waals surface area contributed by atoms with Gasteiger partial charge in [0.25, 0.3) is 0 Å². The lowest BCUT2D eigenvalue weighted by Crippen LogP contribution is -2.21. The van der Waals surface area contributed by atoms with Crippen LogP contribution in [0.1, 0.15) is 18.6 Å². The molecule has 1 fully saturated rings. The Kier molecular flexibility index (Phi) is 3.61. The largest absolute Gasteiger partial charge is 0.468 e. The average molecular weight is 297 g/mol. The van der Waals surface area contributed by atoms with Crippen molar-refractivity contribution in [2.45, 2.75) is 29.8 Å². The zero-order valence-corrected chi connectivity index (χ0v) is 12.0. The Morgan fingerprint density at radius 2 is 2.05 bits per heavy atom. The molecule has 0 radical (unpaired) electrons. The van der Waals surface area contributed by atoms with E-state index in [1.54, 1.807) is 6.26 Å². The molecule has 1 aliphatic heterocycles. The molecule has 0 amide bonds. The van der Waals surface area contributed by atoms with Gasteiger partial charge in [0.05, 0.1) is 11.2 Å². The van der Waals surface area contributed by atoms with Gasteiger partial charge in [0.2, 0.25) is 11.2 Å². The molecule has 1 saturated heterocycles. The van der Waals surface area contributed by atoms with Crippen molar-refractivity contribution in [1.82, 2.24) is 15.0 Å². The summed E-state index contributed by atoms with van der Waals surface area (Å²) in [6, 6.07) is 1.90. The summed E-state index contributed by atoms with van der Waals surface area (Å²) >= 11 is 7.42. The number of nitrogens with zero attached hydrogens (tertiary/aromatic N) is 4. The molecule has 0 aromatic carbocycles. The number of aryl methyl sites for hydroxylation is 1. The van der Waals surface area contributed by atoms with Crippen LogP contribution in [0.25, 0.3) is 0 Å². The average Bonchev–Trinajstić information content (AvgIpc) is 3.01. The summed E-state index contributed by atoms with van der Waals surface area (Å²) in [5.41, 5.74) is 0. The number of furan rings is 1. The van der Waals surface area contributed by atoms with Crippen LogP contribution in [0.15, 0.2) is 26.8 Å². The molecule has 0 N–H and O–H groups in total. The minimum Gasteiger partial charge on any atom is -0.468 e. The van der Waals surface area contributed by atoms with E-state index in [0.29, 0.717) is 11.1 Å². The molecule has 3 heterocycles. The molecule has 3 rings (SSSR count). The van der Waals surface area contributed by atoms with E-state index >= 15 is 0 Å². The second-order valence-electron chi connectivity index (χ2n) is 4.32. The number of hydrogen-bond acceptors (Lipinski definition) is 6. The van der Waals surface area contributed by atoms with E-state index in [-0.39, 0.29) is 5.28 Å². The van der Waals surface area contributed by atoms with Gasteiger partial charge in [-0.05, 0) is 49.2 Å². The summed E-state index contributed by atoms with van der Waals surface area (Å²) < 4.78 is 5.26. The third-order valence-electron chi connectivity index (χ3n) is 2.98. The Morgan fingerprint density at radius 1 is 1.26 bits per heavy atom. The molecule has 7 heteroatoms. The molecule has 0 saturated carbocycles. The minimum absolute atomic E-state index is 0.237. The van der Waals surface area contributed by atoms with Gasteiger partial charge in [0, 0.05) is 13.1 Å². The fraction of sp³-hybridized carbons (Fsp3) is 0.417. The summed E-state index contributed by atoms with van der Waals surface area (Å²) in [4.78, 5) is 16.0. The number of hydrogen-bond donors (Lipinski definition) is 0. The summed E-state index contributed by atoms with van der Waals surface area (Å²) in [5.74, 6) is 1.52. The van der Waals surface area contributed by atoms with Crippen molar-refractivity contribution in [3.05, 3.63) is 23.4 Å². The number of halogens is 1. The number of aromatic nitrogens is 3. The molecule has 0 atom stereocenters. The third kappa shape index (κ3) is 2.84. The van der Waals surface area contributed by atoms with Gasteiger partial charge in [-0.15, -0.1) is 0 Å². The van der Waals surface area contributed by atoms with Crippen LogP contribution in [-0.4, -0.2) is 28.0 Å². The fourth-order valence-corrected chi connectivity index (χ4v) is 2.98. The van der Waals surface area contributed by atoms with Crippen LogP contribution in [0.4, 0.5) is 5.95 Å². The lowest BCUT2D eigenvalue weighted by molar-refractivity contribution is 0.527. The smallest absolute Gasteiger partial charge is 0.230 e. The summed E-state index contributed by atoms with van der Waals surface area (Å²) in [7, 11) is 0. The van der Waals surface area contributed by atoms with Gasteiger partial charge in [0.1, 0.15) is 5.76 Å². The first kappa shape index (κ1) is 12.7. The summed E-state index contributed by atoms with van der Waals surface area (Å²) in [6.45, 7) is 3.87. The van der Waals surface area contributed by atoms with E-state index in [0.717, 1.165) is 23.7 Å². The molecule has 5 nitrogen and oxygen atoms in total. The Balaban J connectivity index is 1.87. The number of anilines is 1. The van der Waals surface area contributed by atoms with Crippen molar-refractivity contribution in [2.75, 3.05) is 18.0 Å². The Morgan fingerprint density at radius 3 is 2.74 bits per heavy atom. The highest BCUT2D eigenvalue weighted by Gasteiger charge is 2.17. The molecule has 2 aromatic rings. The second-order valence-corrected chi connectivity index (χ2v) is 5.67. The van der Waals surface area contributed by atoms with Crippen LogP contribution < -0.4 is 4.90 Å². The van der Waals surface area contributed by atoms with E-state index in [1.165, 1.54) is 24.6 Å². The Labute approximate surface area is 120 Å². The maximum Gasteiger partial charge on any atom is 0.230 e. The topological polar surface area (TPSA) is 55.1 Å². The third-order valence-corrected chi connectivity index (χ3v) is 4.15. The molecule has 0 spiro atoms. The molecule has 19 heavy (non-hydrogen) atoms. The van der Waals surface area contributed by atoms with E-state index in [4.69, 9.17) is 16.0 Å². The molecule has 1 aliphatic rings. The molecular weight excluding hydrogens is 284 g/mol.